The molecule has 0 spiro atoms. The summed E-state index contributed by atoms with van der Waals surface area (Å²) in [5, 5.41) is 0. The van der Waals surface area contributed by atoms with Gasteiger partial charge in [-0.3, -0.25) is 4.79 Å². The van der Waals surface area contributed by atoms with Crippen LogP contribution in [0.3, 0.4) is 0 Å². The van der Waals surface area contributed by atoms with Crippen LogP contribution in [-0.4, -0.2) is 29.9 Å². The second kappa shape index (κ2) is 5.38. The van der Waals surface area contributed by atoms with Crippen molar-refractivity contribution in [3.8, 4) is 0 Å². The Hall–Kier alpha value is -0.570. The van der Waals surface area contributed by atoms with Crippen molar-refractivity contribution in [3.63, 3.8) is 0 Å². The molecule has 1 heterocycles. The van der Waals surface area contributed by atoms with Gasteiger partial charge in [-0.15, -0.1) is 0 Å². The number of hydrogen-bond donors (Lipinski definition) is 1. The molecule has 2 aliphatic rings. The zero-order chi connectivity index (χ0) is 12.4. The molecule has 0 aromatic heterocycles. The van der Waals surface area contributed by atoms with Crippen LogP contribution in [0.4, 0.5) is 0 Å². The van der Waals surface area contributed by atoms with E-state index in [4.69, 9.17) is 5.73 Å². The van der Waals surface area contributed by atoms with Crippen LogP contribution in [0.15, 0.2) is 0 Å². The molecule has 2 N–H and O–H groups in total. The molecule has 2 fully saturated rings. The molecule has 2 rings (SSSR count). The van der Waals surface area contributed by atoms with Crippen molar-refractivity contribution in [2.75, 3.05) is 13.1 Å². The molecule has 3 heteroatoms. The maximum absolute atomic E-state index is 11.9. The van der Waals surface area contributed by atoms with Crippen molar-refractivity contribution in [1.82, 2.24) is 4.90 Å². The van der Waals surface area contributed by atoms with Gasteiger partial charge in [0.25, 0.3) is 0 Å². The number of rotatable bonds is 4. The lowest BCUT2D eigenvalue weighted by Gasteiger charge is -2.25. The van der Waals surface area contributed by atoms with E-state index < -0.39 is 0 Å². The van der Waals surface area contributed by atoms with Crippen LogP contribution in [0, 0.1) is 17.8 Å². The smallest absolute Gasteiger partial charge is 0.222 e. The highest BCUT2D eigenvalue weighted by molar-refractivity contribution is 5.78. The van der Waals surface area contributed by atoms with Gasteiger partial charge in [-0.25, -0.2) is 0 Å². The van der Waals surface area contributed by atoms with Gasteiger partial charge in [0.2, 0.25) is 5.91 Å². The predicted molar refractivity (Wildman–Crippen MR) is 69.5 cm³/mol. The number of hydrogen-bond acceptors (Lipinski definition) is 2. The summed E-state index contributed by atoms with van der Waals surface area (Å²) in [6, 6.07) is 0.201. The molecule has 1 amide bonds. The van der Waals surface area contributed by atoms with Gasteiger partial charge in [-0.05, 0) is 30.6 Å². The van der Waals surface area contributed by atoms with Gasteiger partial charge in [0, 0.05) is 25.6 Å². The molecule has 0 aromatic rings. The van der Waals surface area contributed by atoms with Crippen LogP contribution in [0.25, 0.3) is 0 Å². The molecule has 98 valence electrons. The van der Waals surface area contributed by atoms with E-state index >= 15 is 0 Å². The van der Waals surface area contributed by atoms with Crippen LogP contribution < -0.4 is 5.73 Å². The van der Waals surface area contributed by atoms with Crippen molar-refractivity contribution in [1.29, 1.82) is 0 Å². The van der Waals surface area contributed by atoms with Crippen molar-refractivity contribution in [2.24, 2.45) is 23.5 Å². The van der Waals surface area contributed by atoms with E-state index in [9.17, 15) is 4.79 Å². The molecular formula is C14H26N2O. The molecular weight excluding hydrogens is 212 g/mol. The van der Waals surface area contributed by atoms with E-state index in [-0.39, 0.29) is 6.04 Å². The minimum absolute atomic E-state index is 0.201. The zero-order valence-electron chi connectivity index (χ0n) is 11.2. The summed E-state index contributed by atoms with van der Waals surface area (Å²) in [5.41, 5.74) is 6.25. The monoisotopic (exact) mass is 238 g/mol. The standard InChI is InChI=1S/C14H26N2O/c1-10(2)12-7-14(17)16(8-12)9-13(15)11-5-3-4-6-11/h10-13H,3-9,15H2,1-2H3. The van der Waals surface area contributed by atoms with Gasteiger partial charge < -0.3 is 10.6 Å². The van der Waals surface area contributed by atoms with Gasteiger partial charge in [-0.2, -0.15) is 0 Å². The normalized spacial score (nSPS) is 28.4. The SMILES string of the molecule is CC(C)C1CC(=O)N(CC(N)C2CCCC2)C1. The van der Waals surface area contributed by atoms with E-state index in [1.54, 1.807) is 0 Å². The Balaban J connectivity index is 1.84. The Labute approximate surface area is 105 Å². The topological polar surface area (TPSA) is 46.3 Å². The van der Waals surface area contributed by atoms with Crippen molar-refractivity contribution in [3.05, 3.63) is 0 Å². The summed E-state index contributed by atoms with van der Waals surface area (Å²) < 4.78 is 0. The molecule has 17 heavy (non-hydrogen) atoms. The molecule has 0 aromatic carbocycles. The minimum Gasteiger partial charge on any atom is -0.341 e. The number of carbonyl (C=O) groups is 1. The molecule has 0 radical (unpaired) electrons. The first-order valence-corrected chi connectivity index (χ1v) is 7.11. The fraction of sp³-hybridized carbons (Fsp3) is 0.929. The molecule has 1 aliphatic heterocycles. The molecule has 1 saturated carbocycles. The van der Waals surface area contributed by atoms with Gasteiger partial charge in [0.05, 0.1) is 0 Å². The zero-order valence-corrected chi connectivity index (χ0v) is 11.2. The fourth-order valence-electron chi connectivity index (χ4n) is 3.21. The first-order valence-electron chi connectivity index (χ1n) is 7.11. The largest absolute Gasteiger partial charge is 0.341 e. The molecule has 1 saturated heterocycles. The van der Waals surface area contributed by atoms with Gasteiger partial charge >= 0.3 is 0 Å². The Morgan fingerprint density at radius 1 is 1.29 bits per heavy atom. The Morgan fingerprint density at radius 2 is 1.94 bits per heavy atom. The fourth-order valence-corrected chi connectivity index (χ4v) is 3.21. The van der Waals surface area contributed by atoms with Crippen LogP contribution in [0.1, 0.15) is 46.0 Å². The summed E-state index contributed by atoms with van der Waals surface area (Å²) in [4.78, 5) is 13.9. The Bertz CT molecular complexity index is 271. The van der Waals surface area contributed by atoms with Crippen LogP contribution in [-0.2, 0) is 4.79 Å². The average molecular weight is 238 g/mol. The van der Waals surface area contributed by atoms with E-state index in [0.29, 0.717) is 23.7 Å². The van der Waals surface area contributed by atoms with Crippen LogP contribution in [0.2, 0.25) is 0 Å². The summed E-state index contributed by atoms with van der Waals surface area (Å²) in [7, 11) is 0. The minimum atomic E-state index is 0.201. The van der Waals surface area contributed by atoms with Crippen molar-refractivity contribution in [2.45, 2.75) is 52.0 Å². The third-order valence-corrected chi connectivity index (χ3v) is 4.62. The van der Waals surface area contributed by atoms with Crippen molar-refractivity contribution < 1.29 is 4.79 Å². The van der Waals surface area contributed by atoms with E-state index in [1.165, 1.54) is 25.7 Å². The Kier molecular flexibility index (Phi) is 4.08. The first-order chi connectivity index (χ1) is 8.08. The first kappa shape index (κ1) is 12.9. The molecule has 0 bridgehead atoms. The number of amides is 1. The Morgan fingerprint density at radius 3 is 2.47 bits per heavy atom. The molecule has 1 aliphatic carbocycles. The van der Waals surface area contributed by atoms with E-state index in [0.717, 1.165) is 19.5 Å². The summed E-state index contributed by atoms with van der Waals surface area (Å²) in [5.74, 6) is 2.11. The van der Waals surface area contributed by atoms with E-state index in [2.05, 4.69) is 13.8 Å². The lowest BCUT2D eigenvalue weighted by Crippen LogP contribution is -2.42. The highest BCUT2D eigenvalue weighted by atomic mass is 16.2. The molecule has 2 unspecified atom stereocenters. The van der Waals surface area contributed by atoms with E-state index in [1.807, 2.05) is 4.90 Å². The summed E-state index contributed by atoms with van der Waals surface area (Å²) >= 11 is 0. The third-order valence-electron chi connectivity index (χ3n) is 4.62. The van der Waals surface area contributed by atoms with Crippen molar-refractivity contribution >= 4 is 5.91 Å². The highest BCUT2D eigenvalue weighted by Gasteiger charge is 2.33. The predicted octanol–water partition coefficient (Wildman–Crippen LogP) is 2.01. The van der Waals surface area contributed by atoms with Crippen LogP contribution >= 0.6 is 0 Å². The van der Waals surface area contributed by atoms with Gasteiger partial charge in [0.1, 0.15) is 0 Å². The maximum atomic E-state index is 11.9. The quantitative estimate of drug-likeness (QED) is 0.814. The maximum Gasteiger partial charge on any atom is 0.222 e. The summed E-state index contributed by atoms with van der Waals surface area (Å²) in [6.07, 6.45) is 5.89. The second-order valence-electron chi connectivity index (χ2n) is 6.22. The lowest BCUT2D eigenvalue weighted by molar-refractivity contribution is -0.128. The third kappa shape index (κ3) is 3.01. The second-order valence-corrected chi connectivity index (χ2v) is 6.22. The average Bonchev–Trinajstić information content (AvgIpc) is 2.88. The number of likely N-dealkylation sites (tertiary alicyclic amines) is 1. The number of carbonyl (C=O) groups excluding carboxylic acids is 1. The number of nitrogens with two attached hydrogens (primary N) is 1. The lowest BCUT2D eigenvalue weighted by atomic mass is 9.95. The van der Waals surface area contributed by atoms with Gasteiger partial charge in [-0.1, -0.05) is 26.7 Å². The van der Waals surface area contributed by atoms with Gasteiger partial charge in [0.15, 0.2) is 0 Å². The number of nitrogens with zero attached hydrogens (tertiary/aromatic N) is 1. The molecule has 2 atom stereocenters. The summed E-state index contributed by atoms with van der Waals surface area (Å²) in [6.45, 7) is 6.13. The van der Waals surface area contributed by atoms with Crippen LogP contribution in [0.5, 0.6) is 0 Å². The highest BCUT2D eigenvalue weighted by Crippen LogP contribution is 2.29. The molecule has 3 nitrogen and oxygen atoms in total.